The molecule has 1 aromatic heterocycles. The second-order valence-electron chi connectivity index (χ2n) is 5.55. The summed E-state index contributed by atoms with van der Waals surface area (Å²) in [4.78, 5) is 8.05. The first kappa shape index (κ1) is 15.8. The molecule has 2 N–H and O–H groups in total. The molecular weight excluding hydrogens is 264 g/mol. The minimum Gasteiger partial charge on any atom is -0.354 e. The van der Waals surface area contributed by atoms with Crippen molar-refractivity contribution in [1.29, 1.82) is 0 Å². The van der Waals surface area contributed by atoms with Gasteiger partial charge in [-0.3, -0.25) is 0 Å². The molecule has 1 rings (SSSR count). The predicted molar refractivity (Wildman–Crippen MR) is 75.5 cm³/mol. The highest BCUT2D eigenvalue weighted by molar-refractivity contribution is 7.89. The maximum atomic E-state index is 12.0. The zero-order valence-electron chi connectivity index (χ0n) is 11.9. The van der Waals surface area contributed by atoms with Crippen molar-refractivity contribution in [3.63, 3.8) is 0 Å². The SMILES string of the molecule is CCCNc1ncc(S(=O)(=O)NCC(C)(C)C)cn1. The number of hydrogen-bond acceptors (Lipinski definition) is 5. The van der Waals surface area contributed by atoms with Crippen LogP contribution in [0.3, 0.4) is 0 Å². The van der Waals surface area contributed by atoms with E-state index in [1.165, 1.54) is 12.4 Å². The third kappa shape index (κ3) is 5.52. The van der Waals surface area contributed by atoms with Crippen molar-refractivity contribution in [3.8, 4) is 0 Å². The van der Waals surface area contributed by atoms with Crippen LogP contribution in [0.5, 0.6) is 0 Å². The molecule has 0 atom stereocenters. The van der Waals surface area contributed by atoms with Gasteiger partial charge in [0, 0.05) is 13.1 Å². The van der Waals surface area contributed by atoms with Gasteiger partial charge in [0.1, 0.15) is 4.90 Å². The highest BCUT2D eigenvalue weighted by atomic mass is 32.2. The molecule has 6 nitrogen and oxygen atoms in total. The van der Waals surface area contributed by atoms with Gasteiger partial charge in [-0.15, -0.1) is 0 Å². The minimum absolute atomic E-state index is 0.0822. The van der Waals surface area contributed by atoms with Crippen molar-refractivity contribution < 1.29 is 8.42 Å². The second-order valence-corrected chi connectivity index (χ2v) is 7.32. The van der Waals surface area contributed by atoms with Gasteiger partial charge >= 0.3 is 0 Å². The van der Waals surface area contributed by atoms with E-state index in [9.17, 15) is 8.42 Å². The molecule has 7 heteroatoms. The van der Waals surface area contributed by atoms with Crippen molar-refractivity contribution in [2.75, 3.05) is 18.4 Å². The van der Waals surface area contributed by atoms with E-state index in [2.05, 4.69) is 20.0 Å². The number of nitrogens with zero attached hydrogens (tertiary/aromatic N) is 2. The lowest BCUT2D eigenvalue weighted by molar-refractivity contribution is 0.407. The van der Waals surface area contributed by atoms with Crippen molar-refractivity contribution in [2.45, 2.75) is 39.0 Å². The maximum absolute atomic E-state index is 12.0. The summed E-state index contributed by atoms with van der Waals surface area (Å²) in [6, 6.07) is 0. The van der Waals surface area contributed by atoms with Gasteiger partial charge < -0.3 is 5.32 Å². The van der Waals surface area contributed by atoms with E-state index in [1.54, 1.807) is 0 Å². The molecule has 0 aliphatic heterocycles. The largest absolute Gasteiger partial charge is 0.354 e. The summed E-state index contributed by atoms with van der Waals surface area (Å²) in [5, 5.41) is 2.99. The molecule has 0 aliphatic rings. The topological polar surface area (TPSA) is 84.0 Å². The van der Waals surface area contributed by atoms with E-state index >= 15 is 0 Å². The monoisotopic (exact) mass is 286 g/mol. The molecule has 108 valence electrons. The Morgan fingerprint density at radius 2 is 1.79 bits per heavy atom. The van der Waals surface area contributed by atoms with E-state index in [4.69, 9.17) is 0 Å². The Hall–Kier alpha value is -1.21. The Morgan fingerprint density at radius 1 is 1.21 bits per heavy atom. The predicted octanol–water partition coefficient (Wildman–Crippen LogP) is 1.62. The van der Waals surface area contributed by atoms with Gasteiger partial charge in [0.05, 0.1) is 12.4 Å². The quantitative estimate of drug-likeness (QED) is 0.830. The van der Waals surface area contributed by atoms with Gasteiger partial charge in [-0.1, -0.05) is 27.7 Å². The molecule has 1 heterocycles. The first-order chi connectivity index (χ1) is 8.74. The number of rotatable bonds is 6. The van der Waals surface area contributed by atoms with Crippen LogP contribution >= 0.6 is 0 Å². The Balaban J connectivity index is 2.73. The fourth-order valence-electron chi connectivity index (χ4n) is 1.18. The average molecular weight is 286 g/mol. The van der Waals surface area contributed by atoms with Crippen LogP contribution in [0.1, 0.15) is 34.1 Å². The van der Waals surface area contributed by atoms with E-state index in [1.807, 2.05) is 27.7 Å². The summed E-state index contributed by atoms with van der Waals surface area (Å²) < 4.78 is 26.5. The molecule has 0 unspecified atom stereocenters. The Morgan fingerprint density at radius 3 is 2.26 bits per heavy atom. The number of hydrogen-bond donors (Lipinski definition) is 2. The van der Waals surface area contributed by atoms with Crippen LogP contribution in [0.15, 0.2) is 17.3 Å². The molecular formula is C12H22N4O2S. The normalized spacial score (nSPS) is 12.4. The molecule has 0 spiro atoms. The fraction of sp³-hybridized carbons (Fsp3) is 0.667. The molecule has 0 saturated carbocycles. The summed E-state index contributed by atoms with van der Waals surface area (Å²) >= 11 is 0. The number of nitrogens with one attached hydrogen (secondary N) is 2. The number of sulfonamides is 1. The van der Waals surface area contributed by atoms with Gasteiger partial charge in [0.25, 0.3) is 0 Å². The number of anilines is 1. The molecule has 0 aromatic carbocycles. The van der Waals surface area contributed by atoms with Gasteiger partial charge in [0.15, 0.2) is 0 Å². The van der Waals surface area contributed by atoms with Gasteiger partial charge in [-0.25, -0.2) is 23.1 Å². The molecule has 0 amide bonds. The van der Waals surface area contributed by atoms with Crippen molar-refractivity contribution >= 4 is 16.0 Å². The van der Waals surface area contributed by atoms with E-state index in [-0.39, 0.29) is 10.3 Å². The second kappa shape index (κ2) is 6.29. The van der Waals surface area contributed by atoms with Crippen molar-refractivity contribution in [2.24, 2.45) is 5.41 Å². The van der Waals surface area contributed by atoms with Crippen LogP contribution in [-0.2, 0) is 10.0 Å². The first-order valence-corrected chi connectivity index (χ1v) is 7.78. The van der Waals surface area contributed by atoms with E-state index in [0.717, 1.165) is 13.0 Å². The van der Waals surface area contributed by atoms with E-state index < -0.39 is 10.0 Å². The molecule has 0 saturated heterocycles. The minimum atomic E-state index is -3.53. The molecule has 0 bridgehead atoms. The summed E-state index contributed by atoms with van der Waals surface area (Å²) in [6.45, 7) is 9.04. The standard InChI is InChI=1S/C12H22N4O2S/c1-5-6-13-11-14-7-10(8-15-11)19(17,18)16-9-12(2,3)4/h7-8,16H,5-6,9H2,1-4H3,(H,13,14,15). The smallest absolute Gasteiger partial charge is 0.243 e. The maximum Gasteiger partial charge on any atom is 0.243 e. The summed E-state index contributed by atoms with van der Waals surface area (Å²) in [7, 11) is -3.53. The lowest BCUT2D eigenvalue weighted by atomic mass is 9.98. The summed E-state index contributed by atoms with van der Waals surface area (Å²) in [5.74, 6) is 0.441. The average Bonchev–Trinajstić information content (AvgIpc) is 2.34. The summed E-state index contributed by atoms with van der Waals surface area (Å²) in [6.07, 6.45) is 3.59. The van der Waals surface area contributed by atoms with Gasteiger partial charge in [-0.2, -0.15) is 0 Å². The van der Waals surface area contributed by atoms with Crippen molar-refractivity contribution in [3.05, 3.63) is 12.4 Å². The van der Waals surface area contributed by atoms with Crippen LogP contribution in [0, 0.1) is 5.41 Å². The highest BCUT2D eigenvalue weighted by Gasteiger charge is 2.19. The van der Waals surface area contributed by atoms with Crippen LogP contribution < -0.4 is 10.0 Å². The van der Waals surface area contributed by atoms with Crippen molar-refractivity contribution in [1.82, 2.24) is 14.7 Å². The fourth-order valence-corrected chi connectivity index (χ4v) is 2.35. The van der Waals surface area contributed by atoms with Gasteiger partial charge in [0.2, 0.25) is 16.0 Å². The third-order valence-electron chi connectivity index (χ3n) is 2.26. The molecule has 0 fully saturated rings. The molecule has 0 radical (unpaired) electrons. The van der Waals surface area contributed by atoms with Gasteiger partial charge in [-0.05, 0) is 11.8 Å². The number of aromatic nitrogens is 2. The Bertz CT molecular complexity index is 491. The molecule has 1 aromatic rings. The van der Waals surface area contributed by atoms with E-state index in [0.29, 0.717) is 12.5 Å². The van der Waals surface area contributed by atoms with Crippen LogP contribution in [0.2, 0.25) is 0 Å². The highest BCUT2D eigenvalue weighted by Crippen LogP contribution is 2.13. The Labute approximate surface area is 115 Å². The zero-order chi connectivity index (χ0) is 14.5. The molecule has 19 heavy (non-hydrogen) atoms. The molecule has 0 aliphatic carbocycles. The van der Waals surface area contributed by atoms with Crippen LogP contribution in [-0.4, -0.2) is 31.5 Å². The zero-order valence-corrected chi connectivity index (χ0v) is 12.7. The first-order valence-electron chi connectivity index (χ1n) is 6.30. The summed E-state index contributed by atoms with van der Waals surface area (Å²) in [5.41, 5.74) is -0.115. The Kier molecular flexibility index (Phi) is 5.25. The lowest BCUT2D eigenvalue weighted by Gasteiger charge is -2.18. The lowest BCUT2D eigenvalue weighted by Crippen LogP contribution is -2.32. The third-order valence-corrected chi connectivity index (χ3v) is 3.62. The van der Waals surface area contributed by atoms with Crippen LogP contribution in [0.25, 0.3) is 0 Å². The van der Waals surface area contributed by atoms with Crippen LogP contribution in [0.4, 0.5) is 5.95 Å².